The minimum Gasteiger partial charge on any atom is -0.497 e. The minimum absolute atomic E-state index is 0.0382. The van der Waals surface area contributed by atoms with Gasteiger partial charge in [0.2, 0.25) is 0 Å². The second kappa shape index (κ2) is 7.36. The number of hydrogen-bond donors (Lipinski definition) is 1. The number of fused-ring (bicyclic) bond motifs is 2. The van der Waals surface area contributed by atoms with Gasteiger partial charge in [-0.25, -0.2) is 0 Å². The van der Waals surface area contributed by atoms with E-state index in [-0.39, 0.29) is 5.91 Å². The van der Waals surface area contributed by atoms with E-state index in [9.17, 15) is 4.79 Å². The zero-order valence-corrected chi connectivity index (χ0v) is 15.2. The zero-order chi connectivity index (χ0) is 17.2. The summed E-state index contributed by atoms with van der Waals surface area (Å²) in [4.78, 5) is 15.5. The van der Waals surface area contributed by atoms with Crippen LogP contribution in [0.3, 0.4) is 0 Å². The van der Waals surface area contributed by atoms with E-state index in [0.29, 0.717) is 23.7 Å². The Hall–Kier alpha value is -1.55. The normalized spacial score (nSPS) is 30.2. The van der Waals surface area contributed by atoms with Gasteiger partial charge in [0.15, 0.2) is 0 Å². The molecule has 0 aromatic heterocycles. The highest BCUT2D eigenvalue weighted by atomic mass is 16.5. The first kappa shape index (κ1) is 16.9. The first-order chi connectivity index (χ1) is 12.2. The van der Waals surface area contributed by atoms with Crippen LogP contribution in [0.4, 0.5) is 0 Å². The molecule has 3 aliphatic rings. The lowest BCUT2D eigenvalue weighted by atomic mass is 9.80. The smallest absolute Gasteiger partial charge is 0.251 e. The molecule has 1 aliphatic carbocycles. The summed E-state index contributed by atoms with van der Waals surface area (Å²) in [6, 6.07) is 9.91. The highest BCUT2D eigenvalue weighted by Crippen LogP contribution is 2.39. The number of hydrogen-bond acceptors (Lipinski definition) is 3. The van der Waals surface area contributed by atoms with Crippen LogP contribution in [0.25, 0.3) is 0 Å². The molecule has 2 aliphatic heterocycles. The first-order valence-corrected chi connectivity index (χ1v) is 9.97. The van der Waals surface area contributed by atoms with Gasteiger partial charge in [-0.2, -0.15) is 0 Å². The molecule has 3 atom stereocenters. The molecule has 2 heterocycles. The van der Waals surface area contributed by atoms with Crippen molar-refractivity contribution in [2.75, 3.05) is 7.11 Å². The Labute approximate surface area is 150 Å². The molecule has 4 rings (SSSR count). The molecule has 0 spiro atoms. The highest BCUT2D eigenvalue weighted by Gasteiger charge is 2.42. The van der Waals surface area contributed by atoms with Gasteiger partial charge in [0.05, 0.1) is 7.11 Å². The SMILES string of the molecule is COc1cccc(C(=O)NC2C[C@H]3CCC[C@@H](C2)N3C2CCCC2)c1. The van der Waals surface area contributed by atoms with E-state index in [0.717, 1.165) is 24.6 Å². The summed E-state index contributed by atoms with van der Waals surface area (Å²) in [5, 5.41) is 3.31. The van der Waals surface area contributed by atoms with Crippen molar-refractivity contribution in [3.63, 3.8) is 0 Å². The number of nitrogens with one attached hydrogen (secondary N) is 1. The average Bonchev–Trinajstić information content (AvgIpc) is 3.15. The molecule has 1 unspecified atom stereocenters. The summed E-state index contributed by atoms with van der Waals surface area (Å²) in [6.45, 7) is 0. The number of ether oxygens (including phenoxy) is 1. The zero-order valence-electron chi connectivity index (χ0n) is 15.2. The predicted molar refractivity (Wildman–Crippen MR) is 99.0 cm³/mol. The summed E-state index contributed by atoms with van der Waals surface area (Å²) in [5.41, 5.74) is 0.697. The van der Waals surface area contributed by atoms with Crippen LogP contribution in [-0.4, -0.2) is 42.1 Å². The van der Waals surface area contributed by atoms with Gasteiger partial charge in [-0.3, -0.25) is 9.69 Å². The molecular formula is C21H30N2O2. The molecule has 4 nitrogen and oxygen atoms in total. The lowest BCUT2D eigenvalue weighted by Crippen LogP contribution is -2.59. The number of carbonyl (C=O) groups is 1. The van der Waals surface area contributed by atoms with Gasteiger partial charge in [0.25, 0.3) is 5.91 Å². The summed E-state index contributed by atoms with van der Waals surface area (Å²) in [7, 11) is 1.64. The fraction of sp³-hybridized carbons (Fsp3) is 0.667. The number of nitrogens with zero attached hydrogens (tertiary/aromatic N) is 1. The van der Waals surface area contributed by atoms with Crippen molar-refractivity contribution in [3.8, 4) is 5.75 Å². The van der Waals surface area contributed by atoms with E-state index in [1.54, 1.807) is 7.11 Å². The lowest BCUT2D eigenvalue weighted by Gasteiger charge is -2.51. The Balaban J connectivity index is 1.42. The third-order valence-corrected chi connectivity index (χ3v) is 6.44. The number of amides is 1. The van der Waals surface area contributed by atoms with Crippen molar-refractivity contribution in [1.29, 1.82) is 0 Å². The molecular weight excluding hydrogens is 312 g/mol. The van der Waals surface area contributed by atoms with E-state index < -0.39 is 0 Å². The van der Waals surface area contributed by atoms with Crippen LogP contribution in [-0.2, 0) is 0 Å². The summed E-state index contributed by atoms with van der Waals surface area (Å²) < 4.78 is 5.24. The molecule has 3 fully saturated rings. The molecule has 2 saturated heterocycles. The first-order valence-electron chi connectivity index (χ1n) is 9.97. The topological polar surface area (TPSA) is 41.6 Å². The largest absolute Gasteiger partial charge is 0.497 e. The van der Waals surface area contributed by atoms with Crippen LogP contribution in [0.15, 0.2) is 24.3 Å². The maximum atomic E-state index is 12.7. The van der Waals surface area contributed by atoms with Gasteiger partial charge in [0, 0.05) is 29.7 Å². The van der Waals surface area contributed by atoms with Crippen molar-refractivity contribution < 1.29 is 9.53 Å². The van der Waals surface area contributed by atoms with Gasteiger partial charge in [-0.15, -0.1) is 0 Å². The second-order valence-electron chi connectivity index (χ2n) is 8.00. The van der Waals surface area contributed by atoms with E-state index in [2.05, 4.69) is 10.2 Å². The Bertz CT molecular complexity index is 598. The van der Waals surface area contributed by atoms with Gasteiger partial charge in [-0.1, -0.05) is 25.3 Å². The molecule has 136 valence electrons. The van der Waals surface area contributed by atoms with Crippen LogP contribution in [0.1, 0.15) is 68.1 Å². The van der Waals surface area contributed by atoms with Crippen molar-refractivity contribution in [2.24, 2.45) is 0 Å². The number of piperidine rings is 2. The van der Waals surface area contributed by atoms with E-state index in [4.69, 9.17) is 4.74 Å². The Morgan fingerprint density at radius 3 is 2.40 bits per heavy atom. The monoisotopic (exact) mass is 342 g/mol. The Kier molecular flexibility index (Phi) is 4.98. The van der Waals surface area contributed by atoms with Crippen molar-refractivity contribution in [2.45, 2.75) is 82.0 Å². The lowest BCUT2D eigenvalue weighted by molar-refractivity contribution is -0.00807. The van der Waals surface area contributed by atoms with Gasteiger partial charge in [-0.05, 0) is 56.7 Å². The van der Waals surface area contributed by atoms with E-state index in [1.807, 2.05) is 24.3 Å². The molecule has 1 aromatic carbocycles. The molecule has 1 amide bonds. The van der Waals surface area contributed by atoms with Crippen LogP contribution >= 0.6 is 0 Å². The number of carbonyl (C=O) groups excluding carboxylic acids is 1. The number of methoxy groups -OCH3 is 1. The minimum atomic E-state index is 0.0382. The van der Waals surface area contributed by atoms with Gasteiger partial charge in [0.1, 0.15) is 5.75 Å². The summed E-state index contributed by atoms with van der Waals surface area (Å²) in [6.07, 6.45) is 11.8. The molecule has 4 heteroatoms. The Morgan fingerprint density at radius 2 is 1.72 bits per heavy atom. The fourth-order valence-electron chi connectivity index (χ4n) is 5.37. The molecule has 2 bridgehead atoms. The molecule has 0 radical (unpaired) electrons. The molecule has 1 N–H and O–H groups in total. The van der Waals surface area contributed by atoms with Gasteiger partial charge < -0.3 is 10.1 Å². The summed E-state index contributed by atoms with van der Waals surface area (Å²) in [5.74, 6) is 0.775. The number of benzene rings is 1. The maximum Gasteiger partial charge on any atom is 0.251 e. The third kappa shape index (κ3) is 3.55. The second-order valence-corrected chi connectivity index (χ2v) is 8.00. The third-order valence-electron chi connectivity index (χ3n) is 6.44. The highest BCUT2D eigenvalue weighted by molar-refractivity contribution is 5.94. The quantitative estimate of drug-likeness (QED) is 0.906. The van der Waals surface area contributed by atoms with Crippen LogP contribution < -0.4 is 10.1 Å². The molecule has 25 heavy (non-hydrogen) atoms. The predicted octanol–water partition coefficient (Wildman–Crippen LogP) is 3.75. The van der Waals surface area contributed by atoms with Crippen molar-refractivity contribution in [3.05, 3.63) is 29.8 Å². The molecule has 1 saturated carbocycles. The maximum absolute atomic E-state index is 12.7. The van der Waals surface area contributed by atoms with Gasteiger partial charge >= 0.3 is 0 Å². The van der Waals surface area contributed by atoms with Crippen molar-refractivity contribution >= 4 is 5.91 Å². The summed E-state index contributed by atoms with van der Waals surface area (Å²) >= 11 is 0. The van der Waals surface area contributed by atoms with E-state index >= 15 is 0 Å². The average molecular weight is 342 g/mol. The van der Waals surface area contributed by atoms with E-state index in [1.165, 1.54) is 44.9 Å². The number of rotatable bonds is 4. The van der Waals surface area contributed by atoms with Crippen LogP contribution in [0, 0.1) is 0 Å². The van der Waals surface area contributed by atoms with Crippen molar-refractivity contribution in [1.82, 2.24) is 10.2 Å². The van der Waals surface area contributed by atoms with Crippen LogP contribution in [0.5, 0.6) is 5.75 Å². The fourth-order valence-corrected chi connectivity index (χ4v) is 5.37. The standard InChI is InChI=1S/C21H30N2O2/c1-25-20-11-4-6-15(12-20)21(24)22-16-13-18-9-5-10-19(14-16)23(18)17-7-2-3-8-17/h4,6,11-12,16-19H,2-3,5,7-10,13-14H2,1H3,(H,22,24)/t16?,18-,19+. The van der Waals surface area contributed by atoms with Crippen LogP contribution in [0.2, 0.25) is 0 Å². The Morgan fingerprint density at radius 1 is 1.04 bits per heavy atom. The molecule has 1 aromatic rings.